The van der Waals surface area contributed by atoms with Crippen LogP contribution in [0.2, 0.25) is 0 Å². The molecule has 2 rings (SSSR count). The van der Waals surface area contributed by atoms with Crippen molar-refractivity contribution in [2.45, 2.75) is 33.2 Å². The number of aliphatic imine (C=N–C) groups is 1. The lowest BCUT2D eigenvalue weighted by Gasteiger charge is -2.11. The molecule has 0 saturated heterocycles. The Morgan fingerprint density at radius 1 is 1.35 bits per heavy atom. The van der Waals surface area contributed by atoms with Crippen LogP contribution in [0, 0.1) is 17.1 Å². The zero-order chi connectivity index (χ0) is 18.1. The molecule has 140 valence electrons. The molecule has 0 amide bonds. The number of aromatic nitrogens is 1. The predicted molar refractivity (Wildman–Crippen MR) is 115 cm³/mol. The number of nitriles is 1. The van der Waals surface area contributed by atoms with E-state index >= 15 is 0 Å². The van der Waals surface area contributed by atoms with Gasteiger partial charge in [0.05, 0.1) is 23.2 Å². The quantitative estimate of drug-likeness (QED) is 0.356. The van der Waals surface area contributed by atoms with Crippen molar-refractivity contribution >= 4 is 41.3 Å². The number of thiazole rings is 1. The van der Waals surface area contributed by atoms with E-state index in [-0.39, 0.29) is 36.3 Å². The number of guanidine groups is 1. The van der Waals surface area contributed by atoms with Crippen molar-refractivity contribution in [2.75, 3.05) is 13.1 Å². The minimum Gasteiger partial charge on any atom is -0.357 e. The highest BCUT2D eigenvalue weighted by Crippen LogP contribution is 2.13. The molecule has 0 atom stereocenters. The van der Waals surface area contributed by atoms with Crippen LogP contribution in [0.5, 0.6) is 0 Å². The molecule has 0 unspecified atom stereocenters. The molecule has 1 aromatic heterocycles. The van der Waals surface area contributed by atoms with E-state index in [9.17, 15) is 4.39 Å². The third kappa shape index (κ3) is 6.88. The second kappa shape index (κ2) is 11.8. The fourth-order valence-electron chi connectivity index (χ4n) is 2.19. The molecule has 0 aliphatic carbocycles. The van der Waals surface area contributed by atoms with Gasteiger partial charge < -0.3 is 10.6 Å². The number of nitrogens with zero attached hydrogens (tertiary/aromatic N) is 3. The molecule has 8 heteroatoms. The van der Waals surface area contributed by atoms with Crippen LogP contribution in [0.1, 0.15) is 34.9 Å². The van der Waals surface area contributed by atoms with Gasteiger partial charge in [-0.3, -0.25) is 0 Å². The lowest BCUT2D eigenvalue weighted by molar-refractivity contribution is 0.610. The zero-order valence-electron chi connectivity index (χ0n) is 14.9. The Bertz CT molecular complexity index is 769. The van der Waals surface area contributed by atoms with Gasteiger partial charge in [-0.05, 0) is 31.5 Å². The van der Waals surface area contributed by atoms with Gasteiger partial charge in [0.2, 0.25) is 0 Å². The molecule has 5 nitrogen and oxygen atoms in total. The van der Waals surface area contributed by atoms with Crippen molar-refractivity contribution < 1.29 is 4.39 Å². The molecule has 0 saturated carbocycles. The van der Waals surface area contributed by atoms with Gasteiger partial charge in [-0.1, -0.05) is 6.92 Å². The summed E-state index contributed by atoms with van der Waals surface area (Å²) in [4.78, 5) is 10.1. The third-order valence-electron chi connectivity index (χ3n) is 3.51. The Hall–Kier alpha value is -1.73. The molecule has 0 bridgehead atoms. The van der Waals surface area contributed by atoms with E-state index in [0.29, 0.717) is 30.2 Å². The monoisotopic (exact) mass is 487 g/mol. The summed E-state index contributed by atoms with van der Waals surface area (Å²) in [5.41, 5.74) is 0.837. The summed E-state index contributed by atoms with van der Waals surface area (Å²) in [7, 11) is 0. The van der Waals surface area contributed by atoms with Crippen molar-refractivity contribution in [1.29, 1.82) is 5.26 Å². The molecule has 0 fully saturated rings. The number of hydrogen-bond acceptors (Lipinski definition) is 4. The third-order valence-corrected chi connectivity index (χ3v) is 4.71. The normalized spacial score (nSPS) is 10.8. The van der Waals surface area contributed by atoms with E-state index in [4.69, 9.17) is 5.26 Å². The topological polar surface area (TPSA) is 73.1 Å². The average molecular weight is 487 g/mol. The van der Waals surface area contributed by atoms with Crippen molar-refractivity contribution in [3.05, 3.63) is 51.2 Å². The van der Waals surface area contributed by atoms with E-state index in [1.54, 1.807) is 11.3 Å². The van der Waals surface area contributed by atoms with Crippen LogP contribution < -0.4 is 10.6 Å². The standard InChI is InChI=1S/C18H22FN5S.HI/c1-3-15-12-23-17(25-15)7-8-22-18(21-4-2)24-11-14-9-13(10-20)5-6-16(14)19;/h5-6,9,12H,3-4,7-8,11H2,1-2H3,(H2,21,22,24);1H. The van der Waals surface area contributed by atoms with Gasteiger partial charge in [0, 0.05) is 36.1 Å². The Balaban J connectivity index is 0.00000338. The van der Waals surface area contributed by atoms with Gasteiger partial charge in [0.15, 0.2) is 5.96 Å². The highest BCUT2D eigenvalue weighted by Gasteiger charge is 2.05. The lowest BCUT2D eigenvalue weighted by Crippen LogP contribution is -2.38. The van der Waals surface area contributed by atoms with Crippen LogP contribution in [0.4, 0.5) is 4.39 Å². The van der Waals surface area contributed by atoms with Crippen LogP contribution in [0.3, 0.4) is 0 Å². The van der Waals surface area contributed by atoms with Crippen LogP contribution in [0.25, 0.3) is 0 Å². The Kier molecular flexibility index (Phi) is 10.1. The zero-order valence-corrected chi connectivity index (χ0v) is 18.0. The molecular weight excluding hydrogens is 464 g/mol. The van der Waals surface area contributed by atoms with E-state index in [0.717, 1.165) is 17.8 Å². The van der Waals surface area contributed by atoms with Crippen LogP contribution >= 0.6 is 35.3 Å². The first kappa shape index (κ1) is 22.3. The summed E-state index contributed by atoms with van der Waals surface area (Å²) < 4.78 is 13.8. The van der Waals surface area contributed by atoms with E-state index < -0.39 is 0 Å². The van der Waals surface area contributed by atoms with Gasteiger partial charge in [0.25, 0.3) is 0 Å². The summed E-state index contributed by atoms with van der Waals surface area (Å²) in [6.45, 7) is 5.68. The molecule has 0 radical (unpaired) electrons. The van der Waals surface area contributed by atoms with Crippen LogP contribution in [-0.2, 0) is 19.4 Å². The summed E-state index contributed by atoms with van der Waals surface area (Å²) in [5.74, 6) is 0.269. The van der Waals surface area contributed by atoms with E-state index in [1.807, 2.05) is 19.2 Å². The summed E-state index contributed by atoms with van der Waals surface area (Å²) >= 11 is 1.72. The van der Waals surface area contributed by atoms with Crippen molar-refractivity contribution in [3.63, 3.8) is 0 Å². The number of hydrogen-bond donors (Lipinski definition) is 2. The first-order valence-electron chi connectivity index (χ1n) is 8.30. The highest BCUT2D eigenvalue weighted by molar-refractivity contribution is 14.0. The van der Waals surface area contributed by atoms with Crippen LogP contribution in [0.15, 0.2) is 29.4 Å². The molecule has 1 aromatic carbocycles. The molecule has 0 aliphatic heterocycles. The van der Waals surface area contributed by atoms with Gasteiger partial charge in [-0.15, -0.1) is 35.3 Å². The summed E-state index contributed by atoms with van der Waals surface area (Å²) in [6.07, 6.45) is 3.74. The Morgan fingerprint density at radius 3 is 2.81 bits per heavy atom. The van der Waals surface area contributed by atoms with Gasteiger partial charge >= 0.3 is 0 Å². The molecule has 2 N–H and O–H groups in total. The van der Waals surface area contributed by atoms with Crippen molar-refractivity contribution in [1.82, 2.24) is 15.6 Å². The highest BCUT2D eigenvalue weighted by atomic mass is 127. The number of aryl methyl sites for hydroxylation is 1. The minimum absolute atomic E-state index is 0. The molecule has 1 heterocycles. The van der Waals surface area contributed by atoms with Gasteiger partial charge in [0.1, 0.15) is 5.82 Å². The van der Waals surface area contributed by atoms with Gasteiger partial charge in [-0.2, -0.15) is 5.26 Å². The van der Waals surface area contributed by atoms with Crippen molar-refractivity contribution in [2.24, 2.45) is 4.99 Å². The maximum Gasteiger partial charge on any atom is 0.191 e. The number of rotatable bonds is 7. The second-order valence-corrected chi connectivity index (χ2v) is 6.56. The fourth-order valence-corrected chi connectivity index (χ4v) is 3.05. The first-order chi connectivity index (χ1) is 12.2. The fraction of sp³-hybridized carbons (Fsp3) is 0.389. The summed E-state index contributed by atoms with van der Waals surface area (Å²) in [5, 5.41) is 16.4. The molecule has 26 heavy (non-hydrogen) atoms. The minimum atomic E-state index is -0.353. The smallest absolute Gasteiger partial charge is 0.191 e. The average Bonchev–Trinajstić information content (AvgIpc) is 3.09. The summed E-state index contributed by atoms with van der Waals surface area (Å²) in [6, 6.07) is 6.31. The molecule has 0 aliphatic rings. The van der Waals surface area contributed by atoms with Crippen LogP contribution in [-0.4, -0.2) is 24.0 Å². The maximum atomic E-state index is 13.8. The predicted octanol–water partition coefficient (Wildman–Crippen LogP) is 3.63. The number of nitrogens with one attached hydrogen (secondary N) is 2. The molecule has 0 spiro atoms. The van der Waals surface area contributed by atoms with E-state index in [2.05, 4.69) is 27.5 Å². The van der Waals surface area contributed by atoms with E-state index in [1.165, 1.54) is 23.1 Å². The van der Waals surface area contributed by atoms with Crippen molar-refractivity contribution in [3.8, 4) is 6.07 Å². The molecular formula is C18H23FIN5S. The largest absolute Gasteiger partial charge is 0.357 e. The number of halogens is 2. The Morgan fingerprint density at radius 2 is 2.15 bits per heavy atom. The SMILES string of the molecule is CCNC(=NCc1cc(C#N)ccc1F)NCCc1ncc(CC)s1.I. The second-order valence-electron chi connectivity index (χ2n) is 5.36. The maximum absolute atomic E-state index is 13.8. The number of benzene rings is 1. The molecule has 2 aromatic rings. The lowest BCUT2D eigenvalue weighted by atomic mass is 10.1. The Labute approximate surface area is 174 Å². The van der Waals surface area contributed by atoms with Gasteiger partial charge in [-0.25, -0.2) is 14.4 Å². The first-order valence-corrected chi connectivity index (χ1v) is 9.12.